The first-order valence-corrected chi connectivity index (χ1v) is 6.79. The van der Waals surface area contributed by atoms with E-state index in [1.54, 1.807) is 13.1 Å². The summed E-state index contributed by atoms with van der Waals surface area (Å²) >= 11 is 0. The van der Waals surface area contributed by atoms with Gasteiger partial charge in [-0.3, -0.25) is 4.90 Å². The minimum Gasteiger partial charge on any atom is -0.460 e. The Balaban J connectivity index is 1.79. The predicted molar refractivity (Wildman–Crippen MR) is 70.1 cm³/mol. The van der Waals surface area contributed by atoms with Gasteiger partial charge in [0.25, 0.3) is 0 Å². The van der Waals surface area contributed by atoms with E-state index in [9.17, 15) is 4.79 Å². The van der Waals surface area contributed by atoms with Gasteiger partial charge in [-0.15, -0.1) is 0 Å². The predicted octanol–water partition coefficient (Wildman–Crippen LogP) is 0.782. The van der Waals surface area contributed by atoms with Crippen molar-refractivity contribution in [2.75, 3.05) is 39.5 Å². The molecule has 6 nitrogen and oxygen atoms in total. The highest BCUT2D eigenvalue weighted by atomic mass is 16.5. The van der Waals surface area contributed by atoms with Crippen LogP contribution in [-0.2, 0) is 16.0 Å². The lowest BCUT2D eigenvalue weighted by Crippen LogP contribution is -2.37. The Morgan fingerprint density at radius 2 is 2.21 bits per heavy atom. The summed E-state index contributed by atoms with van der Waals surface area (Å²) < 4.78 is 12.1. The monoisotopic (exact) mass is 267 g/mol. The van der Waals surface area contributed by atoms with Gasteiger partial charge < -0.3 is 14.0 Å². The molecule has 0 unspecified atom stereocenters. The van der Waals surface area contributed by atoms with Gasteiger partial charge in [0.15, 0.2) is 0 Å². The molecule has 6 heteroatoms. The molecule has 2 heterocycles. The number of carbonyl (C=O) groups is 1. The average molecular weight is 267 g/mol. The maximum Gasteiger partial charge on any atom is 0.374 e. The second-order valence-corrected chi connectivity index (χ2v) is 4.47. The third kappa shape index (κ3) is 4.04. The number of esters is 1. The molecule has 0 amide bonds. The van der Waals surface area contributed by atoms with Crippen LogP contribution < -0.4 is 0 Å². The SMILES string of the molecule is CCOC(=O)c1nccn1CCCN1CCOCC1. The van der Waals surface area contributed by atoms with Crippen LogP contribution in [0.4, 0.5) is 0 Å². The Morgan fingerprint density at radius 1 is 1.42 bits per heavy atom. The number of hydrogen-bond acceptors (Lipinski definition) is 5. The van der Waals surface area contributed by atoms with E-state index in [2.05, 4.69) is 9.88 Å². The number of imidazole rings is 1. The normalized spacial score (nSPS) is 16.5. The molecule has 19 heavy (non-hydrogen) atoms. The molecule has 1 aromatic rings. The molecule has 1 fully saturated rings. The summed E-state index contributed by atoms with van der Waals surface area (Å²) in [6, 6.07) is 0. The zero-order chi connectivity index (χ0) is 13.5. The van der Waals surface area contributed by atoms with Crippen molar-refractivity contribution in [3.8, 4) is 0 Å². The molecule has 106 valence electrons. The fraction of sp³-hybridized carbons (Fsp3) is 0.692. The Labute approximate surface area is 113 Å². The minimum atomic E-state index is -0.348. The number of rotatable bonds is 6. The van der Waals surface area contributed by atoms with Crippen molar-refractivity contribution in [3.63, 3.8) is 0 Å². The zero-order valence-electron chi connectivity index (χ0n) is 11.4. The van der Waals surface area contributed by atoms with Crippen LogP contribution >= 0.6 is 0 Å². The minimum absolute atomic E-state index is 0.348. The van der Waals surface area contributed by atoms with Crippen molar-refractivity contribution in [1.82, 2.24) is 14.5 Å². The average Bonchev–Trinajstić information content (AvgIpc) is 2.89. The second kappa shape index (κ2) is 7.25. The fourth-order valence-electron chi connectivity index (χ4n) is 2.16. The largest absolute Gasteiger partial charge is 0.460 e. The van der Waals surface area contributed by atoms with Crippen LogP contribution in [-0.4, -0.2) is 59.9 Å². The molecule has 0 aliphatic carbocycles. The highest BCUT2D eigenvalue weighted by Gasteiger charge is 2.14. The Morgan fingerprint density at radius 3 is 2.95 bits per heavy atom. The lowest BCUT2D eigenvalue weighted by atomic mass is 10.3. The molecule has 1 aromatic heterocycles. The Kier molecular flexibility index (Phi) is 5.35. The van der Waals surface area contributed by atoms with Crippen LogP contribution in [0.5, 0.6) is 0 Å². The van der Waals surface area contributed by atoms with Crippen molar-refractivity contribution in [3.05, 3.63) is 18.2 Å². The van der Waals surface area contributed by atoms with E-state index in [-0.39, 0.29) is 5.97 Å². The number of carbonyl (C=O) groups excluding carboxylic acids is 1. The fourth-order valence-corrected chi connectivity index (χ4v) is 2.16. The van der Waals surface area contributed by atoms with Crippen molar-refractivity contribution in [2.24, 2.45) is 0 Å². The van der Waals surface area contributed by atoms with Crippen LogP contribution in [0.3, 0.4) is 0 Å². The van der Waals surface area contributed by atoms with Crippen LogP contribution in [0.25, 0.3) is 0 Å². The maximum absolute atomic E-state index is 11.7. The summed E-state index contributed by atoms with van der Waals surface area (Å²) in [6.45, 7) is 7.60. The van der Waals surface area contributed by atoms with Gasteiger partial charge in [-0.05, 0) is 13.3 Å². The molecule has 1 saturated heterocycles. The van der Waals surface area contributed by atoms with Crippen LogP contribution in [0.2, 0.25) is 0 Å². The number of hydrogen-bond donors (Lipinski definition) is 0. The molecule has 0 spiro atoms. The number of morpholine rings is 1. The van der Waals surface area contributed by atoms with E-state index in [1.807, 2.05) is 10.8 Å². The first kappa shape index (κ1) is 14.0. The lowest BCUT2D eigenvalue weighted by molar-refractivity contribution is 0.0368. The van der Waals surface area contributed by atoms with Crippen molar-refractivity contribution < 1.29 is 14.3 Å². The van der Waals surface area contributed by atoms with Crippen LogP contribution in [0.1, 0.15) is 24.0 Å². The summed E-state index contributed by atoms with van der Waals surface area (Å²) in [5, 5.41) is 0. The molecular formula is C13H21N3O3. The van der Waals surface area contributed by atoms with E-state index in [4.69, 9.17) is 9.47 Å². The van der Waals surface area contributed by atoms with Crippen molar-refractivity contribution in [1.29, 1.82) is 0 Å². The molecule has 0 saturated carbocycles. The zero-order valence-corrected chi connectivity index (χ0v) is 11.4. The van der Waals surface area contributed by atoms with Gasteiger partial charge in [0.2, 0.25) is 5.82 Å². The number of aromatic nitrogens is 2. The summed E-state index contributed by atoms with van der Waals surface area (Å²) in [5.74, 6) is 0.0442. The van der Waals surface area contributed by atoms with E-state index in [0.29, 0.717) is 12.4 Å². The first-order valence-electron chi connectivity index (χ1n) is 6.79. The van der Waals surface area contributed by atoms with E-state index in [0.717, 1.165) is 45.8 Å². The summed E-state index contributed by atoms with van der Waals surface area (Å²) in [4.78, 5) is 18.1. The molecule has 2 rings (SSSR count). The standard InChI is InChI=1S/C13H21N3O3/c1-2-19-13(17)12-14-4-7-16(12)6-3-5-15-8-10-18-11-9-15/h4,7H,2-3,5-6,8-11H2,1H3. The van der Waals surface area contributed by atoms with Gasteiger partial charge in [-0.2, -0.15) is 0 Å². The highest BCUT2D eigenvalue weighted by molar-refractivity contribution is 5.85. The molecule has 0 radical (unpaired) electrons. The second-order valence-electron chi connectivity index (χ2n) is 4.47. The van der Waals surface area contributed by atoms with Crippen molar-refractivity contribution in [2.45, 2.75) is 19.9 Å². The number of aryl methyl sites for hydroxylation is 1. The van der Waals surface area contributed by atoms with Gasteiger partial charge in [0, 0.05) is 38.6 Å². The number of nitrogens with zero attached hydrogens (tertiary/aromatic N) is 3. The van der Waals surface area contributed by atoms with Crippen LogP contribution in [0.15, 0.2) is 12.4 Å². The van der Waals surface area contributed by atoms with Gasteiger partial charge in [0.05, 0.1) is 19.8 Å². The highest BCUT2D eigenvalue weighted by Crippen LogP contribution is 2.04. The lowest BCUT2D eigenvalue weighted by Gasteiger charge is -2.26. The number of ether oxygens (including phenoxy) is 2. The van der Waals surface area contributed by atoms with Crippen molar-refractivity contribution >= 4 is 5.97 Å². The summed E-state index contributed by atoms with van der Waals surface area (Å²) in [6.07, 6.45) is 4.45. The summed E-state index contributed by atoms with van der Waals surface area (Å²) in [5.41, 5.74) is 0. The quantitative estimate of drug-likeness (QED) is 0.713. The molecule has 1 aliphatic rings. The molecule has 0 N–H and O–H groups in total. The maximum atomic E-state index is 11.7. The van der Waals surface area contributed by atoms with Gasteiger partial charge in [-0.1, -0.05) is 0 Å². The first-order chi connectivity index (χ1) is 9.31. The van der Waals surface area contributed by atoms with E-state index < -0.39 is 0 Å². The van der Waals surface area contributed by atoms with Gasteiger partial charge in [-0.25, -0.2) is 9.78 Å². The van der Waals surface area contributed by atoms with E-state index in [1.165, 1.54) is 0 Å². The molecular weight excluding hydrogens is 246 g/mol. The van der Waals surface area contributed by atoms with Gasteiger partial charge >= 0.3 is 5.97 Å². The molecule has 0 atom stereocenters. The third-order valence-electron chi connectivity index (χ3n) is 3.15. The smallest absolute Gasteiger partial charge is 0.374 e. The van der Waals surface area contributed by atoms with E-state index >= 15 is 0 Å². The topological polar surface area (TPSA) is 56.6 Å². The molecule has 0 bridgehead atoms. The molecule has 0 aromatic carbocycles. The Bertz CT molecular complexity index is 400. The molecule has 1 aliphatic heterocycles. The van der Waals surface area contributed by atoms with Crippen LogP contribution in [0, 0.1) is 0 Å². The Hall–Kier alpha value is -1.40. The summed E-state index contributed by atoms with van der Waals surface area (Å²) in [7, 11) is 0. The third-order valence-corrected chi connectivity index (χ3v) is 3.15. The van der Waals surface area contributed by atoms with Gasteiger partial charge in [0.1, 0.15) is 0 Å².